The van der Waals surface area contributed by atoms with Gasteiger partial charge in [0.1, 0.15) is 0 Å². The summed E-state index contributed by atoms with van der Waals surface area (Å²) in [5.41, 5.74) is 0. The van der Waals surface area contributed by atoms with Gasteiger partial charge < -0.3 is 9.52 Å². The summed E-state index contributed by atoms with van der Waals surface area (Å²) in [6, 6.07) is 2.95. The van der Waals surface area contributed by atoms with Crippen molar-refractivity contribution in [2.45, 2.75) is 25.7 Å². The van der Waals surface area contributed by atoms with Crippen LogP contribution >= 0.6 is 11.3 Å². The molecule has 0 fully saturated rings. The van der Waals surface area contributed by atoms with Crippen LogP contribution in [0.5, 0.6) is 0 Å². The van der Waals surface area contributed by atoms with E-state index >= 15 is 0 Å². The molecule has 2 heterocycles. The van der Waals surface area contributed by atoms with Gasteiger partial charge in [-0.05, 0) is 18.9 Å². The summed E-state index contributed by atoms with van der Waals surface area (Å²) in [4.78, 5) is 21.0. The molecule has 0 unspecified atom stereocenters. The lowest BCUT2D eigenvalue weighted by Crippen LogP contribution is -1.95. The van der Waals surface area contributed by atoms with E-state index in [0.29, 0.717) is 30.0 Å². The maximum atomic E-state index is 10.6. The van der Waals surface area contributed by atoms with E-state index in [-0.39, 0.29) is 17.3 Å². The number of unbranched alkanes of at least 4 members (excludes halogenated alkanes) is 1. The smallest absolute Gasteiger partial charge is 0.324 e. The fourth-order valence-electron chi connectivity index (χ4n) is 1.55. The largest absolute Gasteiger partial charge is 0.481 e. The number of nitrogens with zero attached hydrogens (tertiary/aromatic N) is 3. The standard InChI is InChI=1S/C11H11N3O5S/c15-10(16)4-2-1-3-8-12-13-11(19-8)7-5-6-9(20-7)14(17)18/h5-6H,1-4H2,(H,15,16). The molecule has 0 spiro atoms. The van der Waals surface area contributed by atoms with E-state index in [4.69, 9.17) is 9.52 Å². The predicted octanol–water partition coefficient (Wildman–Crippen LogP) is 2.50. The Bertz CT molecular complexity index is 621. The van der Waals surface area contributed by atoms with Gasteiger partial charge in [-0.25, -0.2) is 0 Å². The van der Waals surface area contributed by atoms with Crippen LogP contribution < -0.4 is 0 Å². The highest BCUT2D eigenvalue weighted by atomic mass is 32.1. The fraction of sp³-hybridized carbons (Fsp3) is 0.364. The summed E-state index contributed by atoms with van der Waals surface area (Å²) < 4.78 is 5.39. The zero-order valence-electron chi connectivity index (χ0n) is 10.3. The normalized spacial score (nSPS) is 10.6. The Morgan fingerprint density at radius 2 is 2.20 bits per heavy atom. The van der Waals surface area contributed by atoms with Crippen molar-refractivity contribution >= 4 is 22.3 Å². The lowest BCUT2D eigenvalue weighted by Gasteiger charge is -1.93. The second-order valence-electron chi connectivity index (χ2n) is 4.00. The number of thiophene rings is 1. The molecule has 0 radical (unpaired) electrons. The molecule has 0 aliphatic rings. The molecule has 0 bridgehead atoms. The molecular formula is C11H11N3O5S. The van der Waals surface area contributed by atoms with Gasteiger partial charge in [0.25, 0.3) is 5.89 Å². The number of carboxylic acid groups (broad SMARTS) is 1. The summed E-state index contributed by atoms with van der Waals surface area (Å²) in [6.07, 6.45) is 1.78. The molecular weight excluding hydrogens is 286 g/mol. The summed E-state index contributed by atoms with van der Waals surface area (Å²) in [5, 5.41) is 26.8. The first-order valence-electron chi connectivity index (χ1n) is 5.85. The van der Waals surface area contributed by atoms with Crippen molar-refractivity contribution in [2.75, 3.05) is 0 Å². The van der Waals surface area contributed by atoms with Gasteiger partial charge in [0, 0.05) is 18.9 Å². The average Bonchev–Trinajstić information content (AvgIpc) is 3.03. The van der Waals surface area contributed by atoms with Crippen LogP contribution in [0.4, 0.5) is 5.00 Å². The molecule has 9 heteroatoms. The van der Waals surface area contributed by atoms with Crippen molar-refractivity contribution < 1.29 is 19.2 Å². The average molecular weight is 297 g/mol. The number of hydrogen-bond donors (Lipinski definition) is 1. The lowest BCUT2D eigenvalue weighted by molar-refractivity contribution is -0.380. The summed E-state index contributed by atoms with van der Waals surface area (Å²) in [7, 11) is 0. The molecule has 0 saturated carbocycles. The fourth-order valence-corrected chi connectivity index (χ4v) is 2.29. The number of carboxylic acids is 1. The third-order valence-electron chi connectivity index (χ3n) is 2.48. The maximum absolute atomic E-state index is 10.6. The van der Waals surface area contributed by atoms with Crippen LogP contribution in [0.15, 0.2) is 16.5 Å². The molecule has 0 aliphatic carbocycles. The molecule has 0 aromatic carbocycles. The Balaban J connectivity index is 1.94. The van der Waals surface area contributed by atoms with Crippen molar-refractivity contribution in [2.24, 2.45) is 0 Å². The molecule has 0 aliphatic heterocycles. The molecule has 0 amide bonds. The molecule has 0 saturated heterocycles. The molecule has 106 valence electrons. The van der Waals surface area contributed by atoms with Crippen LogP contribution in [0.25, 0.3) is 10.8 Å². The van der Waals surface area contributed by atoms with E-state index in [9.17, 15) is 14.9 Å². The Labute approximate surface area is 117 Å². The number of aryl methyl sites for hydroxylation is 1. The van der Waals surface area contributed by atoms with Gasteiger partial charge in [0.2, 0.25) is 5.89 Å². The van der Waals surface area contributed by atoms with Gasteiger partial charge >= 0.3 is 11.0 Å². The molecule has 1 N–H and O–H groups in total. The zero-order valence-corrected chi connectivity index (χ0v) is 11.1. The highest BCUT2D eigenvalue weighted by Gasteiger charge is 2.15. The van der Waals surface area contributed by atoms with Crippen molar-refractivity contribution in [1.82, 2.24) is 10.2 Å². The van der Waals surface area contributed by atoms with Crippen LogP contribution in [0.1, 0.15) is 25.2 Å². The quantitative estimate of drug-likeness (QED) is 0.473. The molecule has 2 aromatic rings. The zero-order chi connectivity index (χ0) is 14.5. The van der Waals surface area contributed by atoms with Crippen molar-refractivity contribution in [1.29, 1.82) is 0 Å². The minimum Gasteiger partial charge on any atom is -0.481 e. The Morgan fingerprint density at radius 1 is 1.40 bits per heavy atom. The summed E-state index contributed by atoms with van der Waals surface area (Å²) in [6.45, 7) is 0. The molecule has 8 nitrogen and oxygen atoms in total. The monoisotopic (exact) mass is 297 g/mol. The van der Waals surface area contributed by atoms with Gasteiger partial charge in [0.05, 0.1) is 9.80 Å². The first kappa shape index (κ1) is 14.1. The maximum Gasteiger partial charge on any atom is 0.324 e. The minimum absolute atomic E-state index is 0.0150. The van der Waals surface area contributed by atoms with Crippen molar-refractivity contribution in [3.63, 3.8) is 0 Å². The summed E-state index contributed by atoms with van der Waals surface area (Å²) in [5.74, 6) is -0.181. The predicted molar refractivity (Wildman–Crippen MR) is 69.5 cm³/mol. The van der Waals surface area contributed by atoms with Gasteiger partial charge in [-0.2, -0.15) is 0 Å². The van der Waals surface area contributed by atoms with E-state index in [1.807, 2.05) is 0 Å². The summed E-state index contributed by atoms with van der Waals surface area (Å²) >= 11 is 0.967. The van der Waals surface area contributed by atoms with Crippen LogP contribution in [0.2, 0.25) is 0 Å². The second kappa shape index (κ2) is 6.24. The second-order valence-corrected chi connectivity index (χ2v) is 5.06. The topological polar surface area (TPSA) is 119 Å². The van der Waals surface area contributed by atoms with Gasteiger partial charge in [-0.1, -0.05) is 11.3 Å². The van der Waals surface area contributed by atoms with Crippen molar-refractivity contribution in [3.05, 3.63) is 28.1 Å². The van der Waals surface area contributed by atoms with Crippen LogP contribution in [0.3, 0.4) is 0 Å². The molecule has 20 heavy (non-hydrogen) atoms. The number of nitro groups is 1. The Kier molecular flexibility index (Phi) is 4.41. The van der Waals surface area contributed by atoms with E-state index in [0.717, 1.165) is 11.3 Å². The number of carbonyl (C=O) groups is 1. The minimum atomic E-state index is -0.831. The Morgan fingerprint density at radius 3 is 2.85 bits per heavy atom. The number of aliphatic carboxylic acids is 1. The Hall–Kier alpha value is -2.29. The van der Waals surface area contributed by atoms with Gasteiger partial charge in [-0.15, -0.1) is 10.2 Å². The number of hydrogen-bond acceptors (Lipinski definition) is 7. The number of aromatic nitrogens is 2. The molecule has 2 aromatic heterocycles. The van der Waals surface area contributed by atoms with Crippen molar-refractivity contribution in [3.8, 4) is 10.8 Å². The third kappa shape index (κ3) is 3.60. The SMILES string of the molecule is O=C(O)CCCCc1nnc(-c2ccc([N+](=O)[O-])s2)o1. The lowest BCUT2D eigenvalue weighted by atomic mass is 10.2. The highest BCUT2D eigenvalue weighted by molar-refractivity contribution is 7.18. The van der Waals surface area contributed by atoms with Gasteiger partial charge in [-0.3, -0.25) is 14.9 Å². The highest BCUT2D eigenvalue weighted by Crippen LogP contribution is 2.31. The first-order valence-corrected chi connectivity index (χ1v) is 6.66. The van der Waals surface area contributed by atoms with Crippen LogP contribution in [-0.4, -0.2) is 26.2 Å². The molecule has 0 atom stereocenters. The first-order chi connectivity index (χ1) is 9.56. The number of rotatable bonds is 7. The molecule has 2 rings (SSSR count). The van der Waals surface area contributed by atoms with Gasteiger partial charge in [0.15, 0.2) is 0 Å². The third-order valence-corrected chi connectivity index (χ3v) is 3.51. The van der Waals surface area contributed by atoms with E-state index in [1.54, 1.807) is 6.07 Å². The van der Waals surface area contributed by atoms with E-state index in [1.165, 1.54) is 6.07 Å². The van der Waals surface area contributed by atoms with Crippen LogP contribution in [0, 0.1) is 10.1 Å². The van der Waals surface area contributed by atoms with E-state index in [2.05, 4.69) is 10.2 Å². The van der Waals surface area contributed by atoms with E-state index < -0.39 is 10.9 Å². The van der Waals surface area contributed by atoms with Crippen LogP contribution in [-0.2, 0) is 11.2 Å².